The monoisotopic (exact) mass is 329 g/mol. The molecule has 1 saturated heterocycles. The maximum absolute atomic E-state index is 10.8. The number of carbonyl (C=O) groups is 1. The molecular formula is C13H16BrNO2S. The minimum atomic E-state index is -0.889. The molecule has 0 aromatic heterocycles. The van der Waals surface area contributed by atoms with Crippen LogP contribution in [0.1, 0.15) is 28.8 Å². The molecule has 0 unspecified atom stereocenters. The van der Waals surface area contributed by atoms with Crippen LogP contribution in [0.2, 0.25) is 0 Å². The zero-order chi connectivity index (χ0) is 13.0. The van der Waals surface area contributed by atoms with Gasteiger partial charge in [0.05, 0.1) is 5.56 Å². The molecule has 1 aromatic rings. The number of nitrogens with one attached hydrogen (secondary N) is 1. The van der Waals surface area contributed by atoms with E-state index in [4.69, 9.17) is 5.11 Å². The van der Waals surface area contributed by atoms with E-state index in [1.54, 1.807) is 12.1 Å². The van der Waals surface area contributed by atoms with Gasteiger partial charge in [0.15, 0.2) is 0 Å². The Labute approximate surface area is 119 Å². The first-order valence-corrected chi connectivity index (χ1v) is 7.94. The lowest BCUT2D eigenvalue weighted by molar-refractivity contribution is 0.0697. The molecule has 0 radical (unpaired) electrons. The third kappa shape index (κ3) is 3.73. The van der Waals surface area contributed by atoms with Crippen molar-refractivity contribution in [1.82, 2.24) is 5.32 Å². The Balaban J connectivity index is 1.94. The van der Waals surface area contributed by atoms with Gasteiger partial charge in [0.2, 0.25) is 0 Å². The molecule has 1 aliphatic heterocycles. The Morgan fingerprint density at radius 3 is 2.78 bits per heavy atom. The number of carboxylic acid groups (broad SMARTS) is 1. The number of halogens is 1. The molecule has 18 heavy (non-hydrogen) atoms. The SMILES string of the molecule is O=C(O)c1ccc(CNC2CCSCC2)c(Br)c1. The molecule has 1 aromatic carbocycles. The summed E-state index contributed by atoms with van der Waals surface area (Å²) in [6, 6.07) is 5.78. The summed E-state index contributed by atoms with van der Waals surface area (Å²) in [4.78, 5) is 10.8. The van der Waals surface area contributed by atoms with Gasteiger partial charge in [-0.15, -0.1) is 0 Å². The maximum atomic E-state index is 10.8. The molecule has 2 rings (SSSR count). The van der Waals surface area contributed by atoms with Gasteiger partial charge in [-0.25, -0.2) is 4.79 Å². The van der Waals surface area contributed by atoms with Crippen LogP contribution in [0.15, 0.2) is 22.7 Å². The summed E-state index contributed by atoms with van der Waals surface area (Å²) in [5, 5.41) is 12.4. The summed E-state index contributed by atoms with van der Waals surface area (Å²) >= 11 is 5.45. The minimum Gasteiger partial charge on any atom is -0.478 e. The predicted molar refractivity (Wildman–Crippen MR) is 78.3 cm³/mol. The second kappa shape index (κ2) is 6.59. The van der Waals surface area contributed by atoms with Crippen LogP contribution < -0.4 is 5.32 Å². The number of carboxylic acids is 1. The molecule has 0 amide bonds. The Morgan fingerprint density at radius 1 is 1.44 bits per heavy atom. The normalized spacial score (nSPS) is 16.7. The smallest absolute Gasteiger partial charge is 0.335 e. The Kier molecular flexibility index (Phi) is 5.09. The van der Waals surface area contributed by atoms with E-state index in [0.717, 1.165) is 16.6 Å². The first-order chi connectivity index (χ1) is 8.66. The van der Waals surface area contributed by atoms with Gasteiger partial charge >= 0.3 is 5.97 Å². The van der Waals surface area contributed by atoms with E-state index < -0.39 is 5.97 Å². The maximum Gasteiger partial charge on any atom is 0.335 e. The average Bonchev–Trinajstić information content (AvgIpc) is 2.38. The highest BCUT2D eigenvalue weighted by Crippen LogP contribution is 2.21. The first kappa shape index (κ1) is 13.9. The summed E-state index contributed by atoms with van der Waals surface area (Å²) in [5.41, 5.74) is 1.43. The number of hydrogen-bond donors (Lipinski definition) is 2. The fourth-order valence-electron chi connectivity index (χ4n) is 1.98. The van der Waals surface area contributed by atoms with E-state index in [1.165, 1.54) is 24.3 Å². The van der Waals surface area contributed by atoms with Gasteiger partial charge in [0, 0.05) is 17.1 Å². The van der Waals surface area contributed by atoms with Crippen molar-refractivity contribution in [2.24, 2.45) is 0 Å². The standard InChI is InChI=1S/C13H16BrNO2S/c14-12-7-9(13(16)17)1-2-10(12)8-15-11-3-5-18-6-4-11/h1-2,7,11,15H,3-6,8H2,(H,16,17). The quantitative estimate of drug-likeness (QED) is 0.891. The molecule has 0 spiro atoms. The number of aromatic carboxylic acids is 1. The zero-order valence-electron chi connectivity index (χ0n) is 9.99. The fourth-order valence-corrected chi connectivity index (χ4v) is 3.61. The number of benzene rings is 1. The van der Waals surface area contributed by atoms with Crippen LogP contribution in [0.25, 0.3) is 0 Å². The molecular weight excluding hydrogens is 314 g/mol. The second-order valence-corrected chi connectivity index (χ2v) is 6.46. The van der Waals surface area contributed by atoms with Crippen LogP contribution in [0, 0.1) is 0 Å². The fraction of sp³-hybridized carbons (Fsp3) is 0.462. The summed E-state index contributed by atoms with van der Waals surface area (Å²) < 4.78 is 0.861. The minimum absolute atomic E-state index is 0.319. The topological polar surface area (TPSA) is 49.3 Å². The zero-order valence-corrected chi connectivity index (χ0v) is 12.4. The summed E-state index contributed by atoms with van der Waals surface area (Å²) in [5.74, 6) is 1.58. The van der Waals surface area contributed by atoms with Crippen LogP contribution in [-0.2, 0) is 6.54 Å². The highest BCUT2D eigenvalue weighted by Gasteiger charge is 2.13. The second-order valence-electron chi connectivity index (χ2n) is 4.38. The van der Waals surface area contributed by atoms with E-state index in [2.05, 4.69) is 21.2 Å². The number of thioether (sulfide) groups is 1. The molecule has 5 heteroatoms. The van der Waals surface area contributed by atoms with Gasteiger partial charge in [-0.1, -0.05) is 22.0 Å². The summed E-state index contributed by atoms with van der Waals surface area (Å²) in [6.07, 6.45) is 2.44. The molecule has 1 fully saturated rings. The molecule has 0 bridgehead atoms. The number of hydrogen-bond acceptors (Lipinski definition) is 3. The van der Waals surface area contributed by atoms with Crippen molar-refractivity contribution < 1.29 is 9.90 Å². The molecule has 98 valence electrons. The van der Waals surface area contributed by atoms with Crippen LogP contribution in [-0.4, -0.2) is 28.6 Å². The van der Waals surface area contributed by atoms with Crippen molar-refractivity contribution in [3.05, 3.63) is 33.8 Å². The molecule has 1 aliphatic rings. The van der Waals surface area contributed by atoms with Crippen molar-refractivity contribution in [3.8, 4) is 0 Å². The van der Waals surface area contributed by atoms with Crippen molar-refractivity contribution in [3.63, 3.8) is 0 Å². The Morgan fingerprint density at radius 2 is 2.17 bits per heavy atom. The van der Waals surface area contributed by atoms with Gasteiger partial charge in [-0.2, -0.15) is 11.8 Å². The molecule has 0 atom stereocenters. The molecule has 1 heterocycles. The largest absolute Gasteiger partial charge is 0.478 e. The van der Waals surface area contributed by atoms with E-state index >= 15 is 0 Å². The Bertz CT molecular complexity index is 433. The van der Waals surface area contributed by atoms with Crippen molar-refractivity contribution in [1.29, 1.82) is 0 Å². The van der Waals surface area contributed by atoms with Crippen molar-refractivity contribution >= 4 is 33.7 Å². The Hall–Kier alpha value is -0.520. The van der Waals surface area contributed by atoms with Gasteiger partial charge in [-0.3, -0.25) is 0 Å². The molecule has 2 N–H and O–H groups in total. The van der Waals surface area contributed by atoms with Crippen LogP contribution in [0.5, 0.6) is 0 Å². The van der Waals surface area contributed by atoms with E-state index in [0.29, 0.717) is 11.6 Å². The lowest BCUT2D eigenvalue weighted by atomic mass is 10.1. The van der Waals surface area contributed by atoms with E-state index in [-0.39, 0.29) is 0 Å². The third-order valence-corrected chi connectivity index (χ3v) is 4.89. The van der Waals surface area contributed by atoms with Crippen LogP contribution >= 0.6 is 27.7 Å². The van der Waals surface area contributed by atoms with Gasteiger partial charge < -0.3 is 10.4 Å². The first-order valence-electron chi connectivity index (χ1n) is 5.99. The summed E-state index contributed by atoms with van der Waals surface area (Å²) in [6.45, 7) is 0.788. The lowest BCUT2D eigenvalue weighted by Gasteiger charge is -2.22. The predicted octanol–water partition coefficient (Wildman–Crippen LogP) is 3.13. The third-order valence-electron chi connectivity index (χ3n) is 3.10. The molecule has 0 aliphatic carbocycles. The van der Waals surface area contributed by atoms with Gasteiger partial charge in [0.1, 0.15) is 0 Å². The highest BCUT2D eigenvalue weighted by molar-refractivity contribution is 9.10. The highest BCUT2D eigenvalue weighted by atomic mass is 79.9. The number of rotatable bonds is 4. The van der Waals surface area contributed by atoms with E-state index in [1.807, 2.05) is 17.8 Å². The van der Waals surface area contributed by atoms with Crippen molar-refractivity contribution in [2.45, 2.75) is 25.4 Å². The lowest BCUT2D eigenvalue weighted by Crippen LogP contribution is -2.32. The molecule has 0 saturated carbocycles. The average molecular weight is 330 g/mol. The molecule has 3 nitrogen and oxygen atoms in total. The van der Waals surface area contributed by atoms with E-state index in [9.17, 15) is 4.79 Å². The van der Waals surface area contributed by atoms with Gasteiger partial charge in [-0.05, 0) is 42.0 Å². The van der Waals surface area contributed by atoms with Crippen molar-refractivity contribution in [2.75, 3.05) is 11.5 Å². The van der Waals surface area contributed by atoms with Crippen LogP contribution in [0.4, 0.5) is 0 Å². The van der Waals surface area contributed by atoms with Crippen LogP contribution in [0.3, 0.4) is 0 Å². The summed E-state index contributed by atoms with van der Waals surface area (Å²) in [7, 11) is 0. The van der Waals surface area contributed by atoms with Gasteiger partial charge in [0.25, 0.3) is 0 Å².